The molecule has 2 aliphatic rings. The van der Waals surface area contributed by atoms with Crippen molar-refractivity contribution in [3.05, 3.63) is 0 Å². The maximum atomic E-state index is 12.7. The van der Waals surface area contributed by atoms with E-state index in [-0.39, 0.29) is 11.7 Å². The van der Waals surface area contributed by atoms with Crippen LogP contribution in [0.15, 0.2) is 0 Å². The van der Waals surface area contributed by atoms with Crippen LogP contribution in [0.3, 0.4) is 0 Å². The Bertz CT molecular complexity index is 472. The second kappa shape index (κ2) is 7.75. The van der Waals surface area contributed by atoms with Gasteiger partial charge in [0.2, 0.25) is 15.9 Å². The molecule has 0 radical (unpaired) electrons. The van der Waals surface area contributed by atoms with E-state index in [9.17, 15) is 13.2 Å². The monoisotopic (exact) mass is 331 g/mol. The normalized spacial score (nSPS) is 24.8. The highest BCUT2D eigenvalue weighted by atomic mass is 32.2. The molecule has 128 valence electrons. The molecule has 1 N–H and O–H groups in total. The number of nitrogens with one attached hydrogen (secondary N) is 1. The Kier molecular flexibility index (Phi) is 6.23. The van der Waals surface area contributed by atoms with Gasteiger partial charge in [0.05, 0.1) is 5.75 Å². The number of piperidine rings is 1. The number of sulfonamides is 1. The number of unbranched alkanes of at least 4 members (excludes halogenated alkanes) is 1. The molecule has 0 aromatic carbocycles. The van der Waals surface area contributed by atoms with Gasteiger partial charge in [0.15, 0.2) is 0 Å². The van der Waals surface area contributed by atoms with Crippen molar-refractivity contribution in [2.75, 3.05) is 32.4 Å². The summed E-state index contributed by atoms with van der Waals surface area (Å²) in [5.41, 5.74) is 0. The van der Waals surface area contributed by atoms with Crippen molar-refractivity contribution >= 4 is 15.9 Å². The van der Waals surface area contributed by atoms with Crippen LogP contribution in [0.2, 0.25) is 0 Å². The number of carbonyl (C=O) groups is 1. The van der Waals surface area contributed by atoms with Crippen LogP contribution in [0.25, 0.3) is 0 Å². The molecule has 2 fully saturated rings. The van der Waals surface area contributed by atoms with Gasteiger partial charge in [0.25, 0.3) is 0 Å². The third-order valence-corrected chi connectivity index (χ3v) is 6.77. The largest absolute Gasteiger partial charge is 0.341 e. The van der Waals surface area contributed by atoms with E-state index >= 15 is 0 Å². The van der Waals surface area contributed by atoms with Crippen LogP contribution in [-0.4, -0.2) is 68.0 Å². The van der Waals surface area contributed by atoms with Crippen LogP contribution in [-0.2, 0) is 14.8 Å². The Labute approximate surface area is 134 Å². The van der Waals surface area contributed by atoms with Crippen LogP contribution in [0.5, 0.6) is 0 Å². The van der Waals surface area contributed by atoms with Crippen molar-refractivity contribution in [1.29, 1.82) is 0 Å². The fourth-order valence-corrected chi connectivity index (χ4v) is 5.24. The summed E-state index contributed by atoms with van der Waals surface area (Å²) < 4.78 is 26.3. The van der Waals surface area contributed by atoms with Gasteiger partial charge >= 0.3 is 0 Å². The minimum Gasteiger partial charge on any atom is -0.341 e. The molecule has 0 aliphatic carbocycles. The molecule has 1 atom stereocenters. The second-order valence-corrected chi connectivity index (χ2v) is 8.37. The summed E-state index contributed by atoms with van der Waals surface area (Å²) in [6.07, 6.45) is 4.84. The number of likely N-dealkylation sites (tertiary alicyclic amines) is 1. The van der Waals surface area contributed by atoms with Crippen molar-refractivity contribution in [1.82, 2.24) is 14.5 Å². The van der Waals surface area contributed by atoms with Crippen LogP contribution in [0.4, 0.5) is 0 Å². The Morgan fingerprint density at radius 1 is 1.18 bits per heavy atom. The zero-order valence-corrected chi connectivity index (χ0v) is 14.6. The maximum Gasteiger partial charge on any atom is 0.241 e. The van der Waals surface area contributed by atoms with Gasteiger partial charge in [-0.1, -0.05) is 13.3 Å². The molecule has 6 nitrogen and oxygen atoms in total. The minimum absolute atomic E-state index is 0.00660. The lowest BCUT2D eigenvalue weighted by Crippen LogP contribution is -2.52. The Morgan fingerprint density at radius 2 is 1.86 bits per heavy atom. The molecule has 7 heteroatoms. The maximum absolute atomic E-state index is 12.7. The Morgan fingerprint density at radius 3 is 2.45 bits per heavy atom. The lowest BCUT2D eigenvalue weighted by molar-refractivity contribution is -0.135. The Balaban J connectivity index is 1.99. The summed E-state index contributed by atoms with van der Waals surface area (Å²) in [4.78, 5) is 14.6. The summed E-state index contributed by atoms with van der Waals surface area (Å²) in [5, 5.41) is 3.24. The van der Waals surface area contributed by atoms with Gasteiger partial charge in [-0.05, 0) is 39.2 Å². The van der Waals surface area contributed by atoms with Gasteiger partial charge in [-0.3, -0.25) is 4.79 Å². The first kappa shape index (κ1) is 17.7. The molecule has 0 saturated carbocycles. The van der Waals surface area contributed by atoms with Crippen LogP contribution in [0, 0.1) is 0 Å². The van der Waals surface area contributed by atoms with Gasteiger partial charge in [-0.25, -0.2) is 8.42 Å². The third kappa shape index (κ3) is 4.00. The number of nitrogens with zero attached hydrogens (tertiary/aromatic N) is 2. The number of hydrogen-bond donors (Lipinski definition) is 1. The van der Waals surface area contributed by atoms with Gasteiger partial charge in [-0.15, -0.1) is 0 Å². The highest BCUT2D eigenvalue weighted by molar-refractivity contribution is 7.89. The van der Waals surface area contributed by atoms with Crippen LogP contribution < -0.4 is 5.32 Å². The summed E-state index contributed by atoms with van der Waals surface area (Å²) >= 11 is 0. The molecule has 2 heterocycles. The molecule has 0 aromatic heterocycles. The highest BCUT2D eigenvalue weighted by Crippen LogP contribution is 2.25. The van der Waals surface area contributed by atoms with Crippen molar-refractivity contribution in [2.24, 2.45) is 0 Å². The number of carbonyl (C=O) groups excluding carboxylic acids is 1. The van der Waals surface area contributed by atoms with Crippen LogP contribution >= 0.6 is 0 Å². The van der Waals surface area contributed by atoms with Gasteiger partial charge in [-0.2, -0.15) is 4.31 Å². The molecular formula is C15H29N3O3S. The van der Waals surface area contributed by atoms with E-state index in [2.05, 4.69) is 5.32 Å². The van der Waals surface area contributed by atoms with Crippen molar-refractivity contribution in [2.45, 2.75) is 57.5 Å². The van der Waals surface area contributed by atoms with Gasteiger partial charge in [0.1, 0.15) is 6.04 Å². The van der Waals surface area contributed by atoms with Gasteiger partial charge < -0.3 is 10.2 Å². The predicted molar refractivity (Wildman–Crippen MR) is 87.1 cm³/mol. The van der Waals surface area contributed by atoms with E-state index in [0.29, 0.717) is 25.4 Å². The fraction of sp³-hybridized carbons (Fsp3) is 0.933. The average molecular weight is 331 g/mol. The standard InChI is InChI=1S/C15H29N3O3S/c1-3-4-12-22(20,21)18-9-5-6-14(18)15(19)17-10-7-13(16-2)8-11-17/h13-14,16H,3-12H2,1-2H3. The molecule has 2 saturated heterocycles. The molecule has 1 unspecified atom stereocenters. The van der Waals surface area contributed by atoms with E-state index in [0.717, 1.165) is 38.8 Å². The van der Waals surface area contributed by atoms with Crippen molar-refractivity contribution in [3.63, 3.8) is 0 Å². The topological polar surface area (TPSA) is 69.7 Å². The van der Waals surface area contributed by atoms with E-state index < -0.39 is 16.1 Å². The quantitative estimate of drug-likeness (QED) is 0.781. The molecule has 2 rings (SSSR count). The fourth-order valence-electron chi connectivity index (χ4n) is 3.36. The van der Waals surface area contributed by atoms with Gasteiger partial charge in [0, 0.05) is 25.7 Å². The number of rotatable bonds is 6. The van der Waals surface area contributed by atoms with Crippen molar-refractivity contribution in [3.8, 4) is 0 Å². The first-order valence-electron chi connectivity index (χ1n) is 8.45. The average Bonchev–Trinajstić information content (AvgIpc) is 3.03. The summed E-state index contributed by atoms with van der Waals surface area (Å²) in [7, 11) is -1.35. The molecule has 0 bridgehead atoms. The summed E-state index contributed by atoms with van der Waals surface area (Å²) in [6, 6.07) is 0.00464. The predicted octanol–water partition coefficient (Wildman–Crippen LogP) is 0.791. The third-order valence-electron chi connectivity index (χ3n) is 4.82. The Hall–Kier alpha value is -0.660. The molecule has 22 heavy (non-hydrogen) atoms. The zero-order valence-electron chi connectivity index (χ0n) is 13.8. The summed E-state index contributed by atoms with van der Waals surface area (Å²) in [6.45, 7) is 3.93. The van der Waals surface area contributed by atoms with E-state index in [1.165, 1.54) is 4.31 Å². The molecular weight excluding hydrogens is 302 g/mol. The first-order valence-corrected chi connectivity index (χ1v) is 10.1. The molecule has 2 aliphatic heterocycles. The number of amides is 1. The molecule has 1 amide bonds. The lowest BCUT2D eigenvalue weighted by atomic mass is 10.0. The van der Waals surface area contributed by atoms with E-state index in [4.69, 9.17) is 0 Å². The SMILES string of the molecule is CCCCS(=O)(=O)N1CCCC1C(=O)N1CCC(NC)CC1. The minimum atomic E-state index is -3.30. The highest BCUT2D eigenvalue weighted by Gasteiger charge is 2.40. The first-order chi connectivity index (χ1) is 10.5. The zero-order chi connectivity index (χ0) is 16.2. The van der Waals surface area contributed by atoms with E-state index in [1.54, 1.807) is 0 Å². The smallest absolute Gasteiger partial charge is 0.241 e. The van der Waals surface area contributed by atoms with Crippen molar-refractivity contribution < 1.29 is 13.2 Å². The second-order valence-electron chi connectivity index (χ2n) is 6.33. The number of hydrogen-bond acceptors (Lipinski definition) is 4. The molecule has 0 spiro atoms. The van der Waals surface area contributed by atoms with Crippen LogP contribution in [0.1, 0.15) is 45.4 Å². The lowest BCUT2D eigenvalue weighted by Gasteiger charge is -2.35. The summed E-state index contributed by atoms with van der Waals surface area (Å²) in [5.74, 6) is 0.168. The molecule has 0 aromatic rings. The van der Waals surface area contributed by atoms with E-state index in [1.807, 2.05) is 18.9 Å².